The first-order chi connectivity index (χ1) is 17.7. The molecule has 38 heavy (non-hydrogen) atoms. The minimum Gasteiger partial charge on any atom is -0.449 e. The van der Waals surface area contributed by atoms with Crippen molar-refractivity contribution in [2.24, 2.45) is 11.7 Å². The van der Waals surface area contributed by atoms with E-state index in [1.54, 1.807) is 13.8 Å². The zero-order valence-electron chi connectivity index (χ0n) is 21.3. The van der Waals surface area contributed by atoms with Gasteiger partial charge in [0.2, 0.25) is 11.8 Å². The Kier molecular flexibility index (Phi) is 9.81. The second-order valence-electron chi connectivity index (χ2n) is 10.0. The summed E-state index contributed by atoms with van der Waals surface area (Å²) in [6.07, 6.45) is 1.09. The van der Waals surface area contributed by atoms with Crippen molar-refractivity contribution in [3.05, 3.63) is 47.5 Å². The molecule has 1 aromatic heterocycles. The summed E-state index contributed by atoms with van der Waals surface area (Å²) >= 11 is 0. The number of piperidine rings is 1. The lowest BCUT2D eigenvalue weighted by Crippen LogP contribution is -2.51. The van der Waals surface area contributed by atoms with Crippen molar-refractivity contribution in [1.82, 2.24) is 30.3 Å². The van der Waals surface area contributed by atoms with Crippen molar-refractivity contribution >= 4 is 17.9 Å². The normalized spacial score (nSPS) is 18.0. The third kappa shape index (κ3) is 7.29. The summed E-state index contributed by atoms with van der Waals surface area (Å²) in [4.78, 5) is 38.8. The van der Waals surface area contributed by atoms with Crippen LogP contribution in [-0.4, -0.2) is 69.4 Å². The van der Waals surface area contributed by atoms with E-state index in [-0.39, 0.29) is 44.9 Å². The molecule has 2 aliphatic heterocycles. The van der Waals surface area contributed by atoms with Crippen LogP contribution in [0.2, 0.25) is 0 Å². The van der Waals surface area contributed by atoms with Crippen LogP contribution in [0.3, 0.4) is 0 Å². The van der Waals surface area contributed by atoms with Gasteiger partial charge in [-0.3, -0.25) is 14.5 Å². The highest BCUT2D eigenvalue weighted by atomic mass is 16.6. The summed E-state index contributed by atoms with van der Waals surface area (Å²) in [6, 6.07) is 9.15. The maximum absolute atomic E-state index is 12.7. The number of nitrogens with zero attached hydrogens (tertiary/aromatic N) is 4. The number of carbonyl (C=O) groups is 3. The predicted molar refractivity (Wildman–Crippen MR) is 139 cm³/mol. The van der Waals surface area contributed by atoms with Crippen molar-refractivity contribution < 1.29 is 23.9 Å². The molecule has 0 radical (unpaired) electrons. The van der Waals surface area contributed by atoms with Gasteiger partial charge in [-0.05, 0) is 32.3 Å². The summed E-state index contributed by atoms with van der Waals surface area (Å²) in [7, 11) is 0. The minimum absolute atomic E-state index is 0. The van der Waals surface area contributed by atoms with E-state index < -0.39 is 17.7 Å². The molecule has 4 N–H and O–H groups in total. The number of fused-ring (bicyclic) bond motifs is 1. The van der Waals surface area contributed by atoms with Crippen LogP contribution in [0.1, 0.15) is 57.4 Å². The third-order valence-electron chi connectivity index (χ3n) is 6.45. The molecule has 0 spiro atoms. The summed E-state index contributed by atoms with van der Waals surface area (Å²) in [5, 5.41) is 14.3. The van der Waals surface area contributed by atoms with Crippen molar-refractivity contribution in [3.8, 4) is 0 Å². The first-order valence-electron chi connectivity index (χ1n) is 12.6. The Morgan fingerprint density at radius 1 is 1.24 bits per heavy atom. The fourth-order valence-electron chi connectivity index (χ4n) is 4.25. The molecule has 1 unspecified atom stereocenters. The Balaban J connectivity index is 0.00000400. The molecule has 1 saturated heterocycles. The molecule has 2 atom stereocenters. The SMILES string of the molecule is C.CC(C)(N)C(=O)N[C@H](COCc1ccccc1)c1nnc2n1CCN(C(=O)OCC1CCCNC1=O)C2. The van der Waals surface area contributed by atoms with Crippen molar-refractivity contribution in [2.75, 3.05) is 26.3 Å². The lowest BCUT2D eigenvalue weighted by Gasteiger charge is -2.30. The van der Waals surface area contributed by atoms with Gasteiger partial charge in [-0.15, -0.1) is 10.2 Å². The van der Waals surface area contributed by atoms with E-state index in [2.05, 4.69) is 20.8 Å². The van der Waals surface area contributed by atoms with Crippen LogP contribution in [0.15, 0.2) is 30.3 Å². The molecule has 1 fully saturated rings. The molecule has 0 saturated carbocycles. The molecule has 0 bridgehead atoms. The number of benzene rings is 1. The van der Waals surface area contributed by atoms with Gasteiger partial charge in [0.05, 0.1) is 31.2 Å². The summed E-state index contributed by atoms with van der Waals surface area (Å²) < 4.78 is 13.2. The monoisotopic (exact) mass is 529 g/mol. The fourth-order valence-corrected chi connectivity index (χ4v) is 4.25. The summed E-state index contributed by atoms with van der Waals surface area (Å²) in [6.45, 7) is 5.53. The minimum atomic E-state index is -1.09. The largest absolute Gasteiger partial charge is 0.449 e. The maximum Gasteiger partial charge on any atom is 0.410 e. The molecule has 3 heterocycles. The zero-order chi connectivity index (χ0) is 26.4. The molecule has 2 aromatic rings. The lowest BCUT2D eigenvalue weighted by atomic mass is 10.00. The number of carbonyl (C=O) groups excluding carboxylic acids is 3. The molecular formula is C26H39N7O5. The van der Waals surface area contributed by atoms with Crippen LogP contribution < -0.4 is 16.4 Å². The van der Waals surface area contributed by atoms with Gasteiger partial charge in [-0.2, -0.15) is 0 Å². The van der Waals surface area contributed by atoms with E-state index >= 15 is 0 Å². The quantitative estimate of drug-likeness (QED) is 0.442. The smallest absolute Gasteiger partial charge is 0.410 e. The fraction of sp³-hybridized carbons (Fsp3) is 0.577. The third-order valence-corrected chi connectivity index (χ3v) is 6.45. The van der Waals surface area contributed by atoms with E-state index in [9.17, 15) is 14.4 Å². The molecule has 3 amide bonds. The highest BCUT2D eigenvalue weighted by molar-refractivity contribution is 5.85. The zero-order valence-corrected chi connectivity index (χ0v) is 21.3. The Morgan fingerprint density at radius 3 is 2.71 bits per heavy atom. The maximum atomic E-state index is 12.7. The summed E-state index contributed by atoms with van der Waals surface area (Å²) in [5.41, 5.74) is 5.93. The molecule has 4 rings (SSSR count). The average molecular weight is 530 g/mol. The van der Waals surface area contributed by atoms with Crippen LogP contribution in [0.4, 0.5) is 4.79 Å². The van der Waals surface area contributed by atoms with Gasteiger partial charge in [0.1, 0.15) is 12.6 Å². The van der Waals surface area contributed by atoms with Crippen LogP contribution in [0, 0.1) is 5.92 Å². The van der Waals surface area contributed by atoms with Crippen LogP contribution >= 0.6 is 0 Å². The number of nitrogens with two attached hydrogens (primary N) is 1. The first-order valence-corrected chi connectivity index (χ1v) is 12.6. The molecule has 2 aliphatic rings. The second kappa shape index (κ2) is 12.8. The highest BCUT2D eigenvalue weighted by Gasteiger charge is 2.32. The van der Waals surface area contributed by atoms with Crippen LogP contribution in [0.5, 0.6) is 0 Å². The highest BCUT2D eigenvalue weighted by Crippen LogP contribution is 2.20. The average Bonchev–Trinajstić information content (AvgIpc) is 3.30. The number of rotatable bonds is 9. The standard InChI is InChI=1S/C25H35N7O5.CH4/c1-25(2,26)23(34)28-19(16-36-14-17-7-4-3-5-8-17)21-30-29-20-13-31(11-12-32(20)21)24(35)37-15-18-9-6-10-27-22(18)33;/h3-5,7-8,18-19H,6,9-16,26H2,1-2H3,(H,27,33)(H,28,34);1H4/t18?,19-;/m1./s1. The van der Waals surface area contributed by atoms with Gasteiger partial charge in [0.15, 0.2) is 11.6 Å². The molecular weight excluding hydrogens is 490 g/mol. The second-order valence-corrected chi connectivity index (χ2v) is 10.0. The van der Waals surface area contributed by atoms with Crippen molar-refractivity contribution in [2.45, 2.75) is 65.4 Å². The Hall–Kier alpha value is -3.51. The topological polar surface area (TPSA) is 154 Å². The predicted octanol–water partition coefficient (Wildman–Crippen LogP) is 1.50. The Labute approximate surface area is 223 Å². The van der Waals surface area contributed by atoms with Crippen molar-refractivity contribution in [3.63, 3.8) is 0 Å². The van der Waals surface area contributed by atoms with E-state index in [1.165, 1.54) is 4.90 Å². The number of amides is 3. The molecule has 12 heteroatoms. The number of nitrogens with one attached hydrogen (secondary N) is 2. The van der Waals surface area contributed by atoms with E-state index in [4.69, 9.17) is 15.2 Å². The number of hydrogen-bond acceptors (Lipinski definition) is 8. The van der Waals surface area contributed by atoms with Crippen molar-refractivity contribution in [1.29, 1.82) is 0 Å². The molecule has 1 aromatic carbocycles. The van der Waals surface area contributed by atoms with E-state index in [0.29, 0.717) is 44.3 Å². The van der Waals surface area contributed by atoms with Gasteiger partial charge in [0.25, 0.3) is 0 Å². The number of hydrogen-bond donors (Lipinski definition) is 3. The Bertz CT molecular complexity index is 1100. The van der Waals surface area contributed by atoms with Gasteiger partial charge >= 0.3 is 6.09 Å². The molecule has 12 nitrogen and oxygen atoms in total. The van der Waals surface area contributed by atoms with Gasteiger partial charge in [-0.1, -0.05) is 37.8 Å². The van der Waals surface area contributed by atoms with E-state index in [1.807, 2.05) is 34.9 Å². The number of aromatic nitrogens is 3. The van der Waals surface area contributed by atoms with Gasteiger partial charge in [0, 0.05) is 19.6 Å². The van der Waals surface area contributed by atoms with Crippen LogP contribution in [-0.2, 0) is 38.8 Å². The van der Waals surface area contributed by atoms with Gasteiger partial charge < -0.3 is 30.4 Å². The first kappa shape index (κ1) is 29.1. The Morgan fingerprint density at radius 2 is 2.00 bits per heavy atom. The summed E-state index contributed by atoms with van der Waals surface area (Å²) in [5.74, 6) is 0.372. The van der Waals surface area contributed by atoms with E-state index in [0.717, 1.165) is 12.0 Å². The molecule has 0 aliphatic carbocycles. The number of ether oxygens (including phenoxy) is 2. The molecule has 208 valence electrons. The lowest BCUT2D eigenvalue weighted by molar-refractivity contribution is -0.128. The van der Waals surface area contributed by atoms with Gasteiger partial charge in [-0.25, -0.2) is 4.79 Å². The van der Waals surface area contributed by atoms with Crippen LogP contribution in [0.25, 0.3) is 0 Å².